The minimum absolute atomic E-state index is 0.164. The van der Waals surface area contributed by atoms with Gasteiger partial charge < -0.3 is 19.9 Å². The maximum Gasteiger partial charge on any atom is 0.305 e. The molecule has 0 saturated carbocycles. The first-order chi connectivity index (χ1) is 11.0. The Hall–Kier alpha value is -1.89. The number of hydrogen-bond acceptors (Lipinski definition) is 5. The van der Waals surface area contributed by atoms with Crippen molar-refractivity contribution in [3.8, 4) is 11.5 Å². The second kappa shape index (κ2) is 9.99. The molecule has 1 rings (SSSR count). The van der Waals surface area contributed by atoms with Gasteiger partial charge in [0.25, 0.3) is 0 Å². The smallest absolute Gasteiger partial charge is 0.305 e. The van der Waals surface area contributed by atoms with Crippen LogP contribution in [0.2, 0.25) is 0 Å². The number of ether oxygens (including phenoxy) is 2. The Kier molecular flexibility index (Phi) is 8.32. The Labute approximate surface area is 140 Å². The first-order valence-corrected chi connectivity index (χ1v) is 8.63. The monoisotopic (exact) mass is 341 g/mol. The highest BCUT2D eigenvalue weighted by atomic mass is 32.2. The molecule has 7 heteroatoms. The van der Waals surface area contributed by atoms with E-state index in [1.54, 1.807) is 30.0 Å². The predicted molar refractivity (Wildman–Crippen MR) is 90.3 cm³/mol. The highest BCUT2D eigenvalue weighted by Crippen LogP contribution is 2.31. The Balaban J connectivity index is 2.93. The summed E-state index contributed by atoms with van der Waals surface area (Å²) in [6.45, 7) is 0. The summed E-state index contributed by atoms with van der Waals surface area (Å²) in [4.78, 5) is 23.2. The maximum atomic E-state index is 12.0. The van der Waals surface area contributed by atoms with Crippen molar-refractivity contribution in [2.75, 3.05) is 26.2 Å². The first-order valence-electron chi connectivity index (χ1n) is 7.23. The van der Waals surface area contributed by atoms with Crippen molar-refractivity contribution in [3.63, 3.8) is 0 Å². The molecule has 23 heavy (non-hydrogen) atoms. The maximum absolute atomic E-state index is 12.0. The number of nitrogens with one attached hydrogen (secondary N) is 1. The molecular formula is C16H23NO5S. The van der Waals surface area contributed by atoms with Crippen molar-refractivity contribution in [3.05, 3.63) is 23.8 Å². The summed E-state index contributed by atoms with van der Waals surface area (Å²) in [5.74, 6) is 0.828. The van der Waals surface area contributed by atoms with Crippen LogP contribution in [0.15, 0.2) is 18.2 Å². The van der Waals surface area contributed by atoms with E-state index in [9.17, 15) is 9.59 Å². The third-order valence-corrected chi connectivity index (χ3v) is 3.98. The molecule has 1 aromatic carbocycles. The molecule has 1 amide bonds. The zero-order valence-electron chi connectivity index (χ0n) is 13.6. The standard InChI is InChI=1S/C16H23NO5S/c1-21-11-6-7-12(14(9-11)22-2)13(10-16(19)20)17-15(18)5-4-8-23-3/h6-7,9,13H,4-5,8,10H2,1-3H3,(H,17,18)(H,19,20). The molecule has 0 saturated heterocycles. The van der Waals surface area contributed by atoms with Crippen LogP contribution in [0.3, 0.4) is 0 Å². The van der Waals surface area contributed by atoms with E-state index in [2.05, 4.69) is 5.32 Å². The van der Waals surface area contributed by atoms with Gasteiger partial charge in [-0.3, -0.25) is 9.59 Å². The van der Waals surface area contributed by atoms with Crippen molar-refractivity contribution >= 4 is 23.6 Å². The van der Waals surface area contributed by atoms with E-state index in [-0.39, 0.29) is 12.3 Å². The number of hydrogen-bond donors (Lipinski definition) is 2. The van der Waals surface area contributed by atoms with Gasteiger partial charge in [0.05, 0.1) is 26.7 Å². The van der Waals surface area contributed by atoms with E-state index in [1.165, 1.54) is 14.2 Å². The van der Waals surface area contributed by atoms with E-state index in [0.717, 1.165) is 12.2 Å². The number of carbonyl (C=O) groups excluding carboxylic acids is 1. The molecule has 0 spiro atoms. The Morgan fingerprint density at radius 2 is 2.04 bits per heavy atom. The third-order valence-electron chi connectivity index (χ3n) is 3.28. The highest BCUT2D eigenvalue weighted by Gasteiger charge is 2.21. The van der Waals surface area contributed by atoms with Gasteiger partial charge in [-0.25, -0.2) is 0 Å². The molecule has 1 atom stereocenters. The fourth-order valence-corrected chi connectivity index (χ4v) is 2.60. The zero-order chi connectivity index (χ0) is 17.2. The van der Waals surface area contributed by atoms with Crippen LogP contribution in [0.5, 0.6) is 11.5 Å². The van der Waals surface area contributed by atoms with Gasteiger partial charge in [-0.05, 0) is 30.6 Å². The predicted octanol–water partition coefficient (Wildman–Crippen LogP) is 2.48. The number of carbonyl (C=O) groups is 2. The van der Waals surface area contributed by atoms with Gasteiger partial charge in [-0.1, -0.05) is 0 Å². The molecule has 128 valence electrons. The highest BCUT2D eigenvalue weighted by molar-refractivity contribution is 7.98. The van der Waals surface area contributed by atoms with Crippen molar-refractivity contribution in [2.24, 2.45) is 0 Å². The topological polar surface area (TPSA) is 84.9 Å². The summed E-state index contributed by atoms with van der Waals surface area (Å²) < 4.78 is 10.4. The lowest BCUT2D eigenvalue weighted by molar-refractivity contribution is -0.137. The molecule has 0 aliphatic heterocycles. The van der Waals surface area contributed by atoms with E-state index < -0.39 is 12.0 Å². The van der Waals surface area contributed by atoms with Crippen LogP contribution in [0.1, 0.15) is 30.9 Å². The largest absolute Gasteiger partial charge is 0.497 e. The fraction of sp³-hybridized carbons (Fsp3) is 0.500. The van der Waals surface area contributed by atoms with E-state index in [0.29, 0.717) is 23.5 Å². The molecule has 0 bridgehead atoms. The van der Waals surface area contributed by atoms with E-state index in [4.69, 9.17) is 14.6 Å². The molecule has 6 nitrogen and oxygen atoms in total. The lowest BCUT2D eigenvalue weighted by atomic mass is 10.0. The number of benzene rings is 1. The number of carboxylic acids is 1. The van der Waals surface area contributed by atoms with Crippen molar-refractivity contribution < 1.29 is 24.2 Å². The minimum atomic E-state index is -0.989. The molecule has 0 fully saturated rings. The molecule has 0 aliphatic carbocycles. The van der Waals surface area contributed by atoms with Crippen molar-refractivity contribution in [2.45, 2.75) is 25.3 Å². The van der Waals surface area contributed by atoms with Gasteiger partial charge in [0.1, 0.15) is 11.5 Å². The van der Waals surface area contributed by atoms with Gasteiger partial charge in [-0.2, -0.15) is 11.8 Å². The number of carboxylic acid groups (broad SMARTS) is 1. The van der Waals surface area contributed by atoms with Gasteiger partial charge in [0.2, 0.25) is 5.91 Å². The van der Waals surface area contributed by atoms with Crippen molar-refractivity contribution in [1.82, 2.24) is 5.32 Å². The third kappa shape index (κ3) is 6.40. The SMILES string of the molecule is COc1ccc(C(CC(=O)O)NC(=O)CCCSC)c(OC)c1. The molecule has 1 aromatic rings. The van der Waals surface area contributed by atoms with Gasteiger partial charge in [0, 0.05) is 18.1 Å². The van der Waals surface area contributed by atoms with E-state index in [1.807, 2.05) is 6.26 Å². The zero-order valence-corrected chi connectivity index (χ0v) is 14.4. The molecule has 2 N–H and O–H groups in total. The summed E-state index contributed by atoms with van der Waals surface area (Å²) in [6, 6.07) is 4.46. The molecule has 0 aliphatic rings. The molecule has 0 heterocycles. The van der Waals surface area contributed by atoms with Gasteiger partial charge >= 0.3 is 5.97 Å². The van der Waals surface area contributed by atoms with Crippen LogP contribution < -0.4 is 14.8 Å². The Morgan fingerprint density at radius 1 is 1.30 bits per heavy atom. The van der Waals surface area contributed by atoms with Crippen LogP contribution in [-0.2, 0) is 9.59 Å². The molecule has 0 radical (unpaired) electrons. The van der Waals surface area contributed by atoms with Crippen LogP contribution >= 0.6 is 11.8 Å². The van der Waals surface area contributed by atoms with Gasteiger partial charge in [0.15, 0.2) is 0 Å². The number of rotatable bonds is 10. The Bertz CT molecular complexity index is 535. The average molecular weight is 341 g/mol. The molecule has 0 aromatic heterocycles. The van der Waals surface area contributed by atoms with Crippen LogP contribution in [0.25, 0.3) is 0 Å². The van der Waals surface area contributed by atoms with E-state index >= 15 is 0 Å². The normalized spacial score (nSPS) is 11.6. The average Bonchev–Trinajstić information content (AvgIpc) is 2.53. The van der Waals surface area contributed by atoms with Crippen molar-refractivity contribution in [1.29, 1.82) is 0 Å². The minimum Gasteiger partial charge on any atom is -0.497 e. The molecule has 1 unspecified atom stereocenters. The number of thioether (sulfide) groups is 1. The Morgan fingerprint density at radius 3 is 2.61 bits per heavy atom. The summed E-state index contributed by atoms with van der Waals surface area (Å²) >= 11 is 1.67. The summed E-state index contributed by atoms with van der Waals surface area (Å²) in [5.41, 5.74) is 0.619. The quantitative estimate of drug-likeness (QED) is 0.636. The summed E-state index contributed by atoms with van der Waals surface area (Å²) in [6.07, 6.45) is 2.90. The van der Waals surface area contributed by atoms with Crippen LogP contribution in [-0.4, -0.2) is 43.2 Å². The van der Waals surface area contributed by atoms with Gasteiger partial charge in [-0.15, -0.1) is 0 Å². The molecular weight excluding hydrogens is 318 g/mol. The number of methoxy groups -OCH3 is 2. The lowest BCUT2D eigenvalue weighted by Gasteiger charge is -2.20. The fourth-order valence-electron chi connectivity index (χ4n) is 2.16. The first kappa shape index (κ1) is 19.2. The lowest BCUT2D eigenvalue weighted by Crippen LogP contribution is -2.30. The van der Waals surface area contributed by atoms with Crippen LogP contribution in [0.4, 0.5) is 0 Å². The second-order valence-corrected chi connectivity index (χ2v) is 5.91. The van der Waals surface area contributed by atoms with Crippen LogP contribution in [0, 0.1) is 0 Å². The number of aliphatic carboxylic acids is 1. The summed E-state index contributed by atoms with van der Waals surface area (Å²) in [5, 5.41) is 11.9. The second-order valence-electron chi connectivity index (χ2n) is 4.92. The number of amides is 1. The summed E-state index contributed by atoms with van der Waals surface area (Å²) in [7, 11) is 3.03.